The SMILES string of the molecule is CC(C)(C)NCCCCOCc1ccc(Cl)cc1. The Labute approximate surface area is 116 Å². The fraction of sp³-hybridized carbons (Fsp3) is 0.600. The summed E-state index contributed by atoms with van der Waals surface area (Å²) in [6.07, 6.45) is 2.24. The Morgan fingerprint density at radius 3 is 2.39 bits per heavy atom. The molecule has 0 saturated heterocycles. The number of benzene rings is 1. The van der Waals surface area contributed by atoms with E-state index in [9.17, 15) is 0 Å². The third-order valence-electron chi connectivity index (χ3n) is 2.55. The van der Waals surface area contributed by atoms with Crippen molar-refractivity contribution < 1.29 is 4.74 Å². The maximum absolute atomic E-state index is 5.82. The van der Waals surface area contributed by atoms with Crippen LogP contribution >= 0.6 is 11.6 Å². The van der Waals surface area contributed by atoms with Crippen LogP contribution in [0.5, 0.6) is 0 Å². The average Bonchev–Trinajstić information content (AvgIpc) is 2.29. The predicted molar refractivity (Wildman–Crippen MR) is 78.1 cm³/mol. The van der Waals surface area contributed by atoms with Gasteiger partial charge in [-0.3, -0.25) is 0 Å². The lowest BCUT2D eigenvalue weighted by Crippen LogP contribution is -2.36. The van der Waals surface area contributed by atoms with E-state index in [1.807, 2.05) is 24.3 Å². The van der Waals surface area contributed by atoms with Gasteiger partial charge in [0.2, 0.25) is 0 Å². The molecule has 0 atom stereocenters. The Morgan fingerprint density at radius 2 is 1.78 bits per heavy atom. The van der Waals surface area contributed by atoms with E-state index < -0.39 is 0 Å². The van der Waals surface area contributed by atoms with Crippen molar-refractivity contribution in [3.05, 3.63) is 34.9 Å². The van der Waals surface area contributed by atoms with Crippen molar-refractivity contribution in [2.24, 2.45) is 0 Å². The van der Waals surface area contributed by atoms with Crippen molar-refractivity contribution in [3.63, 3.8) is 0 Å². The molecular weight excluding hydrogens is 246 g/mol. The number of rotatable bonds is 7. The van der Waals surface area contributed by atoms with Gasteiger partial charge in [-0.1, -0.05) is 23.7 Å². The first-order chi connectivity index (χ1) is 8.47. The minimum absolute atomic E-state index is 0.212. The first kappa shape index (κ1) is 15.5. The van der Waals surface area contributed by atoms with Crippen LogP contribution in [0.1, 0.15) is 39.2 Å². The Morgan fingerprint density at radius 1 is 1.11 bits per heavy atom. The van der Waals surface area contributed by atoms with Gasteiger partial charge in [-0.25, -0.2) is 0 Å². The monoisotopic (exact) mass is 269 g/mol. The van der Waals surface area contributed by atoms with E-state index >= 15 is 0 Å². The lowest BCUT2D eigenvalue weighted by Gasteiger charge is -2.20. The Kier molecular flexibility index (Phi) is 6.69. The van der Waals surface area contributed by atoms with Gasteiger partial charge in [0, 0.05) is 17.2 Å². The standard InChI is InChI=1S/C15H24ClNO/c1-15(2,3)17-10-4-5-11-18-12-13-6-8-14(16)9-7-13/h6-9,17H,4-5,10-12H2,1-3H3. The molecule has 0 amide bonds. The van der Waals surface area contributed by atoms with E-state index in [0.717, 1.165) is 31.0 Å². The molecule has 0 aliphatic heterocycles. The number of halogens is 1. The summed E-state index contributed by atoms with van der Waals surface area (Å²) >= 11 is 5.82. The quantitative estimate of drug-likeness (QED) is 0.755. The van der Waals surface area contributed by atoms with Crippen LogP contribution in [0.2, 0.25) is 5.02 Å². The number of nitrogens with one attached hydrogen (secondary N) is 1. The van der Waals surface area contributed by atoms with Crippen molar-refractivity contribution >= 4 is 11.6 Å². The van der Waals surface area contributed by atoms with Crippen LogP contribution < -0.4 is 5.32 Å². The molecule has 0 aliphatic rings. The van der Waals surface area contributed by atoms with Gasteiger partial charge >= 0.3 is 0 Å². The Hall–Kier alpha value is -0.570. The number of ether oxygens (including phenoxy) is 1. The highest BCUT2D eigenvalue weighted by atomic mass is 35.5. The zero-order valence-corrected chi connectivity index (χ0v) is 12.4. The fourth-order valence-corrected chi connectivity index (χ4v) is 1.69. The average molecular weight is 270 g/mol. The van der Waals surface area contributed by atoms with Crippen molar-refractivity contribution in [1.82, 2.24) is 5.32 Å². The van der Waals surface area contributed by atoms with E-state index in [2.05, 4.69) is 26.1 Å². The van der Waals surface area contributed by atoms with Crippen molar-refractivity contribution in [3.8, 4) is 0 Å². The van der Waals surface area contributed by atoms with Crippen LogP contribution in [0.3, 0.4) is 0 Å². The smallest absolute Gasteiger partial charge is 0.0716 e. The first-order valence-corrected chi connectivity index (χ1v) is 6.92. The largest absolute Gasteiger partial charge is 0.377 e. The molecule has 0 unspecified atom stereocenters. The predicted octanol–water partition coefficient (Wildman–Crippen LogP) is 4.02. The summed E-state index contributed by atoms with van der Waals surface area (Å²) in [4.78, 5) is 0. The molecule has 0 spiro atoms. The lowest BCUT2D eigenvalue weighted by atomic mass is 10.1. The summed E-state index contributed by atoms with van der Waals surface area (Å²) in [5.41, 5.74) is 1.39. The topological polar surface area (TPSA) is 21.3 Å². The third-order valence-corrected chi connectivity index (χ3v) is 2.80. The van der Waals surface area contributed by atoms with E-state index in [4.69, 9.17) is 16.3 Å². The lowest BCUT2D eigenvalue weighted by molar-refractivity contribution is 0.117. The highest BCUT2D eigenvalue weighted by Crippen LogP contribution is 2.10. The molecule has 2 nitrogen and oxygen atoms in total. The van der Waals surface area contributed by atoms with Crippen LogP contribution in [0.15, 0.2) is 24.3 Å². The summed E-state index contributed by atoms with van der Waals surface area (Å²) < 4.78 is 5.62. The number of hydrogen-bond donors (Lipinski definition) is 1. The summed E-state index contributed by atoms with van der Waals surface area (Å²) in [7, 11) is 0. The fourth-order valence-electron chi connectivity index (χ4n) is 1.56. The van der Waals surface area contributed by atoms with Gasteiger partial charge in [-0.2, -0.15) is 0 Å². The zero-order chi connectivity index (χ0) is 13.4. The molecule has 0 bridgehead atoms. The maximum atomic E-state index is 5.82. The summed E-state index contributed by atoms with van der Waals surface area (Å²) in [6, 6.07) is 7.80. The summed E-state index contributed by atoms with van der Waals surface area (Å²) in [5.74, 6) is 0. The molecule has 0 fully saturated rings. The van der Waals surface area contributed by atoms with Crippen LogP contribution in [0, 0.1) is 0 Å². The molecule has 0 radical (unpaired) electrons. The first-order valence-electron chi connectivity index (χ1n) is 6.54. The molecule has 1 aromatic rings. The van der Waals surface area contributed by atoms with Gasteiger partial charge < -0.3 is 10.1 Å². The van der Waals surface area contributed by atoms with Gasteiger partial charge in [-0.15, -0.1) is 0 Å². The van der Waals surface area contributed by atoms with Gasteiger partial charge in [0.1, 0.15) is 0 Å². The minimum atomic E-state index is 0.212. The molecule has 102 valence electrons. The van der Waals surface area contributed by atoms with Crippen LogP contribution in [-0.4, -0.2) is 18.7 Å². The van der Waals surface area contributed by atoms with E-state index in [1.165, 1.54) is 5.56 Å². The molecule has 0 saturated carbocycles. The molecule has 18 heavy (non-hydrogen) atoms. The summed E-state index contributed by atoms with van der Waals surface area (Å²) in [6.45, 7) is 9.09. The minimum Gasteiger partial charge on any atom is -0.377 e. The second kappa shape index (κ2) is 7.78. The molecule has 1 aromatic carbocycles. The van der Waals surface area contributed by atoms with Gasteiger partial charge in [0.05, 0.1) is 6.61 Å². The highest BCUT2D eigenvalue weighted by molar-refractivity contribution is 6.30. The van der Waals surface area contributed by atoms with Crippen LogP contribution in [0.4, 0.5) is 0 Å². The van der Waals surface area contributed by atoms with E-state index in [0.29, 0.717) is 6.61 Å². The normalized spacial score (nSPS) is 11.8. The van der Waals surface area contributed by atoms with Crippen LogP contribution in [0.25, 0.3) is 0 Å². The van der Waals surface area contributed by atoms with Gasteiger partial charge in [0.25, 0.3) is 0 Å². The second-order valence-electron chi connectivity index (χ2n) is 5.56. The Bertz CT molecular complexity index is 329. The Balaban J connectivity index is 2.00. The maximum Gasteiger partial charge on any atom is 0.0716 e. The van der Waals surface area contributed by atoms with E-state index in [1.54, 1.807) is 0 Å². The van der Waals surface area contributed by atoms with E-state index in [-0.39, 0.29) is 5.54 Å². The molecule has 1 rings (SSSR count). The molecule has 3 heteroatoms. The van der Waals surface area contributed by atoms with Gasteiger partial charge in [-0.05, 0) is 57.9 Å². The van der Waals surface area contributed by atoms with Crippen molar-refractivity contribution in [1.29, 1.82) is 0 Å². The van der Waals surface area contributed by atoms with Crippen molar-refractivity contribution in [2.45, 2.75) is 45.8 Å². The van der Waals surface area contributed by atoms with Gasteiger partial charge in [0.15, 0.2) is 0 Å². The second-order valence-corrected chi connectivity index (χ2v) is 6.00. The highest BCUT2D eigenvalue weighted by Gasteiger charge is 2.06. The van der Waals surface area contributed by atoms with Crippen LogP contribution in [-0.2, 0) is 11.3 Å². The zero-order valence-electron chi connectivity index (χ0n) is 11.6. The summed E-state index contributed by atoms with van der Waals surface area (Å²) in [5, 5.41) is 4.24. The van der Waals surface area contributed by atoms with Crippen molar-refractivity contribution in [2.75, 3.05) is 13.2 Å². The number of hydrogen-bond acceptors (Lipinski definition) is 2. The third kappa shape index (κ3) is 7.70. The number of unbranched alkanes of at least 4 members (excludes halogenated alkanes) is 1. The molecular formula is C15H24ClNO. The molecule has 1 N–H and O–H groups in total. The molecule has 0 aliphatic carbocycles. The molecule has 0 aromatic heterocycles. The molecule has 0 heterocycles.